The Labute approximate surface area is 221 Å². The number of thiophene rings is 1. The van der Waals surface area contributed by atoms with Crippen LogP contribution in [0.5, 0.6) is 0 Å². The summed E-state index contributed by atoms with van der Waals surface area (Å²) in [7, 11) is 0. The number of hydrazone groups is 1. The average Bonchev–Trinajstić information content (AvgIpc) is 3.68. The minimum absolute atomic E-state index is 0.0191. The Hall–Kier alpha value is -2.26. The molecule has 3 aliphatic rings. The van der Waals surface area contributed by atoms with Crippen LogP contribution >= 0.6 is 22.9 Å². The number of ether oxygens (including phenoxy) is 1. The van der Waals surface area contributed by atoms with E-state index in [1.165, 1.54) is 0 Å². The van der Waals surface area contributed by atoms with Gasteiger partial charge in [-0.3, -0.25) is 14.5 Å². The van der Waals surface area contributed by atoms with Gasteiger partial charge < -0.3 is 9.64 Å². The molecule has 0 N–H and O–H groups in total. The summed E-state index contributed by atoms with van der Waals surface area (Å²) in [6.07, 6.45) is 4.58. The van der Waals surface area contributed by atoms with Crippen molar-refractivity contribution in [3.63, 3.8) is 0 Å². The first kappa shape index (κ1) is 25.4. The highest BCUT2D eigenvalue weighted by Crippen LogP contribution is 2.37. The Kier molecular flexibility index (Phi) is 8.36. The number of hydrogen-bond acceptors (Lipinski definition) is 6. The maximum Gasteiger partial charge on any atom is 0.262 e. The Morgan fingerprint density at radius 3 is 2.61 bits per heavy atom. The number of carbonyl (C=O) groups is 2. The van der Waals surface area contributed by atoms with Gasteiger partial charge in [-0.25, -0.2) is 5.01 Å². The molecule has 1 aromatic heterocycles. The molecule has 1 atom stereocenters. The zero-order chi connectivity index (χ0) is 24.9. The average molecular weight is 529 g/mol. The van der Waals surface area contributed by atoms with Crippen molar-refractivity contribution in [2.24, 2.45) is 11.0 Å². The summed E-state index contributed by atoms with van der Waals surface area (Å²) >= 11 is 8.17. The smallest absolute Gasteiger partial charge is 0.262 e. The van der Waals surface area contributed by atoms with Gasteiger partial charge in [0.15, 0.2) is 0 Å². The predicted molar refractivity (Wildman–Crippen MR) is 142 cm³/mol. The van der Waals surface area contributed by atoms with Crippen molar-refractivity contribution in [1.29, 1.82) is 0 Å². The highest BCUT2D eigenvalue weighted by Gasteiger charge is 2.36. The van der Waals surface area contributed by atoms with E-state index in [0.29, 0.717) is 31.2 Å². The number of halogens is 1. The minimum Gasteiger partial charge on any atom is -0.379 e. The van der Waals surface area contributed by atoms with Gasteiger partial charge in [0, 0.05) is 43.5 Å². The van der Waals surface area contributed by atoms with Gasteiger partial charge >= 0.3 is 0 Å². The summed E-state index contributed by atoms with van der Waals surface area (Å²) in [5.74, 6) is -0.0459. The molecule has 1 aromatic carbocycles. The third-order valence-electron chi connectivity index (χ3n) is 7.37. The molecule has 2 fully saturated rings. The molecule has 0 spiro atoms. The van der Waals surface area contributed by atoms with Crippen LogP contribution in [0.25, 0.3) is 0 Å². The molecule has 192 valence electrons. The lowest BCUT2D eigenvalue weighted by Crippen LogP contribution is -2.48. The van der Waals surface area contributed by atoms with Crippen LogP contribution in [0, 0.1) is 5.92 Å². The number of hydrogen-bond donors (Lipinski definition) is 0. The van der Waals surface area contributed by atoms with Crippen LogP contribution in [-0.2, 0) is 14.3 Å². The van der Waals surface area contributed by atoms with Crippen LogP contribution in [-0.4, -0.2) is 78.3 Å². The summed E-state index contributed by atoms with van der Waals surface area (Å²) in [6.45, 7) is 4.44. The Morgan fingerprint density at radius 2 is 1.89 bits per heavy atom. The molecular weight excluding hydrogens is 496 g/mol. The lowest BCUT2D eigenvalue weighted by atomic mass is 10.0. The predicted octanol–water partition coefficient (Wildman–Crippen LogP) is 4.43. The van der Waals surface area contributed by atoms with Gasteiger partial charge in [0.05, 0.1) is 29.8 Å². The van der Waals surface area contributed by atoms with Crippen molar-refractivity contribution in [1.82, 2.24) is 14.8 Å². The number of rotatable bonds is 8. The number of amides is 2. The van der Waals surface area contributed by atoms with Crippen LogP contribution < -0.4 is 0 Å². The summed E-state index contributed by atoms with van der Waals surface area (Å²) in [6, 6.07) is 11.4. The first-order valence-electron chi connectivity index (χ1n) is 12.9. The van der Waals surface area contributed by atoms with Crippen LogP contribution in [0.2, 0.25) is 5.02 Å². The van der Waals surface area contributed by atoms with E-state index in [2.05, 4.69) is 4.90 Å². The van der Waals surface area contributed by atoms with Gasteiger partial charge in [-0.2, -0.15) is 5.10 Å². The molecule has 36 heavy (non-hydrogen) atoms. The Balaban J connectivity index is 1.36. The van der Waals surface area contributed by atoms with E-state index in [4.69, 9.17) is 21.4 Å². The lowest BCUT2D eigenvalue weighted by Gasteiger charge is -2.32. The van der Waals surface area contributed by atoms with E-state index < -0.39 is 0 Å². The first-order valence-corrected chi connectivity index (χ1v) is 14.1. The Morgan fingerprint density at radius 1 is 1.11 bits per heavy atom. The molecule has 0 radical (unpaired) electrons. The molecule has 2 amide bonds. The van der Waals surface area contributed by atoms with Gasteiger partial charge in [0.2, 0.25) is 5.91 Å². The highest BCUT2D eigenvalue weighted by molar-refractivity contribution is 7.12. The Bertz CT molecular complexity index is 1080. The van der Waals surface area contributed by atoms with Crippen LogP contribution in [0.15, 0.2) is 46.9 Å². The second-order valence-electron chi connectivity index (χ2n) is 9.70. The molecule has 9 heteroatoms. The zero-order valence-corrected chi connectivity index (χ0v) is 22.1. The molecule has 2 aliphatic heterocycles. The first-order chi connectivity index (χ1) is 17.6. The van der Waals surface area contributed by atoms with Crippen LogP contribution in [0.1, 0.15) is 48.6 Å². The fourth-order valence-corrected chi connectivity index (χ4v) is 6.32. The fraction of sp³-hybridized carbons (Fsp3) is 0.519. The van der Waals surface area contributed by atoms with Gasteiger partial charge in [-0.15, -0.1) is 11.3 Å². The molecule has 1 saturated carbocycles. The van der Waals surface area contributed by atoms with Gasteiger partial charge in [0.1, 0.15) is 6.54 Å². The van der Waals surface area contributed by atoms with E-state index in [9.17, 15) is 9.59 Å². The number of benzene rings is 1. The van der Waals surface area contributed by atoms with E-state index in [-0.39, 0.29) is 30.3 Å². The number of nitrogens with zero attached hydrogens (tertiary/aromatic N) is 4. The molecule has 3 heterocycles. The SMILES string of the molecule is O=C(C1CCCC1)N(CCN1CCOCC1)CC(=O)N1N=C(c2cccs2)C[C@@H]1c1ccccc1Cl. The summed E-state index contributed by atoms with van der Waals surface area (Å²) in [5, 5.41) is 8.98. The highest BCUT2D eigenvalue weighted by atomic mass is 35.5. The number of morpholine rings is 1. The molecule has 1 aliphatic carbocycles. The zero-order valence-electron chi connectivity index (χ0n) is 20.5. The maximum absolute atomic E-state index is 13.8. The van der Waals surface area contributed by atoms with Crippen LogP contribution in [0.3, 0.4) is 0 Å². The molecule has 0 unspecified atom stereocenters. The molecule has 1 saturated heterocycles. The van der Waals surface area contributed by atoms with Gasteiger partial charge in [-0.1, -0.05) is 48.7 Å². The molecule has 5 rings (SSSR count). The van der Waals surface area contributed by atoms with Crippen molar-refractivity contribution in [2.45, 2.75) is 38.1 Å². The molecular formula is C27H33ClN4O3S. The normalized spacial score (nSPS) is 21.1. The van der Waals surface area contributed by atoms with Crippen molar-refractivity contribution < 1.29 is 14.3 Å². The largest absolute Gasteiger partial charge is 0.379 e. The summed E-state index contributed by atoms with van der Waals surface area (Å²) < 4.78 is 5.46. The van der Waals surface area contributed by atoms with E-state index in [1.807, 2.05) is 41.8 Å². The van der Waals surface area contributed by atoms with Crippen molar-refractivity contribution in [2.75, 3.05) is 45.9 Å². The van der Waals surface area contributed by atoms with Crippen molar-refractivity contribution in [3.8, 4) is 0 Å². The number of carbonyl (C=O) groups excluding carboxylic acids is 2. The van der Waals surface area contributed by atoms with Crippen molar-refractivity contribution in [3.05, 3.63) is 57.2 Å². The van der Waals surface area contributed by atoms with Crippen molar-refractivity contribution >= 4 is 40.5 Å². The quantitative estimate of drug-likeness (QED) is 0.508. The van der Waals surface area contributed by atoms with Gasteiger partial charge in [-0.05, 0) is 35.9 Å². The third-order valence-corrected chi connectivity index (χ3v) is 8.63. The third kappa shape index (κ3) is 5.83. The lowest BCUT2D eigenvalue weighted by molar-refractivity contribution is -0.144. The molecule has 7 nitrogen and oxygen atoms in total. The monoisotopic (exact) mass is 528 g/mol. The van der Waals surface area contributed by atoms with E-state index >= 15 is 0 Å². The topological polar surface area (TPSA) is 65.5 Å². The second kappa shape index (κ2) is 11.9. The van der Waals surface area contributed by atoms with Gasteiger partial charge in [0.25, 0.3) is 5.91 Å². The summed E-state index contributed by atoms with van der Waals surface area (Å²) in [4.78, 5) is 32.4. The second-order valence-corrected chi connectivity index (χ2v) is 11.1. The maximum atomic E-state index is 13.8. The molecule has 0 bridgehead atoms. The minimum atomic E-state index is -0.286. The van der Waals surface area contributed by atoms with E-state index in [0.717, 1.165) is 61.5 Å². The fourth-order valence-electron chi connectivity index (χ4n) is 5.34. The van der Waals surface area contributed by atoms with E-state index in [1.54, 1.807) is 21.2 Å². The summed E-state index contributed by atoms with van der Waals surface area (Å²) in [5.41, 5.74) is 1.76. The van der Waals surface area contributed by atoms with Crippen LogP contribution in [0.4, 0.5) is 0 Å². The standard InChI is InChI=1S/C27H33ClN4O3S/c28-22-9-4-3-8-21(22)24-18-23(25-10-5-17-36-25)29-32(24)26(33)19-31(27(34)20-6-1-2-7-20)12-11-30-13-15-35-16-14-30/h3-5,8-10,17,20,24H,1-2,6-7,11-16,18-19H2/t24-/m1/s1. The molecule has 2 aromatic rings.